The Morgan fingerprint density at radius 1 is 1.31 bits per heavy atom. The Morgan fingerprint density at radius 3 is 2.77 bits per heavy atom. The van der Waals surface area contributed by atoms with Gasteiger partial charge in [-0.2, -0.15) is 0 Å². The summed E-state index contributed by atoms with van der Waals surface area (Å²) in [4.78, 5) is 0. The molecule has 26 heavy (non-hydrogen) atoms. The van der Waals surface area contributed by atoms with Gasteiger partial charge in [-0.25, -0.2) is 0 Å². The van der Waals surface area contributed by atoms with Crippen LogP contribution in [0.25, 0.3) is 0 Å². The quantitative estimate of drug-likeness (QED) is 0.581. The molecule has 0 saturated heterocycles. The molecule has 1 aliphatic heterocycles. The number of halogens is 2. The van der Waals surface area contributed by atoms with Gasteiger partial charge in [0.25, 0.3) is 0 Å². The maximum atomic E-state index is 6.15. The monoisotopic (exact) mass is 454 g/mol. The standard InChI is InChI=1S/C19H20BrClN2O2S/c1-19(2)10-16(13-9-12(24-3)5-7-17(13)25-19)23-18(26)22-11-4-6-14(20)15(21)8-11/h4-9,16H,10H2,1-3H3,(H2,22,23,26)/t16-/m0/s1. The van der Waals surface area contributed by atoms with Gasteiger partial charge in [0.05, 0.1) is 18.2 Å². The molecule has 2 aromatic carbocycles. The second-order valence-electron chi connectivity index (χ2n) is 6.75. The van der Waals surface area contributed by atoms with Crippen molar-refractivity contribution in [3.63, 3.8) is 0 Å². The first kappa shape index (κ1) is 19.3. The van der Waals surface area contributed by atoms with Crippen LogP contribution < -0.4 is 20.1 Å². The van der Waals surface area contributed by atoms with Crippen LogP contribution in [-0.2, 0) is 0 Å². The fraction of sp³-hybridized carbons (Fsp3) is 0.316. The van der Waals surface area contributed by atoms with Crippen LogP contribution in [0.4, 0.5) is 5.69 Å². The third-order valence-electron chi connectivity index (χ3n) is 4.16. The van der Waals surface area contributed by atoms with E-state index in [4.69, 9.17) is 33.3 Å². The molecular formula is C19H20BrClN2O2S. The summed E-state index contributed by atoms with van der Waals surface area (Å²) in [7, 11) is 1.65. The molecule has 1 heterocycles. The number of thiocarbonyl (C=S) groups is 1. The topological polar surface area (TPSA) is 42.5 Å². The Morgan fingerprint density at radius 2 is 2.08 bits per heavy atom. The van der Waals surface area contributed by atoms with Crippen molar-refractivity contribution in [1.82, 2.24) is 5.32 Å². The van der Waals surface area contributed by atoms with E-state index < -0.39 is 0 Å². The Kier molecular flexibility index (Phi) is 5.65. The number of methoxy groups -OCH3 is 1. The van der Waals surface area contributed by atoms with Crippen LogP contribution in [0, 0.1) is 0 Å². The highest BCUT2D eigenvalue weighted by Gasteiger charge is 2.34. The van der Waals surface area contributed by atoms with Crippen LogP contribution in [0.5, 0.6) is 11.5 Å². The second-order valence-corrected chi connectivity index (χ2v) is 8.42. The number of anilines is 1. The maximum absolute atomic E-state index is 6.15. The maximum Gasteiger partial charge on any atom is 0.171 e. The molecule has 4 nitrogen and oxygen atoms in total. The van der Waals surface area contributed by atoms with E-state index in [1.807, 2.05) is 36.4 Å². The van der Waals surface area contributed by atoms with Crippen LogP contribution in [0.3, 0.4) is 0 Å². The summed E-state index contributed by atoms with van der Waals surface area (Å²) >= 11 is 15.0. The van der Waals surface area contributed by atoms with Gasteiger partial charge in [0.2, 0.25) is 0 Å². The molecule has 0 bridgehead atoms. The minimum absolute atomic E-state index is 0.00905. The van der Waals surface area contributed by atoms with Gasteiger partial charge in [-0.15, -0.1) is 0 Å². The predicted octanol–water partition coefficient (Wildman–Crippen LogP) is 5.70. The molecular weight excluding hydrogens is 436 g/mol. The average molecular weight is 456 g/mol. The molecule has 1 aliphatic rings. The first-order valence-corrected chi connectivity index (χ1v) is 9.75. The Bertz CT molecular complexity index is 844. The molecule has 0 radical (unpaired) electrons. The van der Waals surface area contributed by atoms with E-state index in [1.54, 1.807) is 7.11 Å². The second kappa shape index (κ2) is 7.62. The highest BCUT2D eigenvalue weighted by molar-refractivity contribution is 9.10. The Labute approximate surface area is 172 Å². The van der Waals surface area contributed by atoms with Crippen LogP contribution in [-0.4, -0.2) is 17.8 Å². The third-order valence-corrected chi connectivity index (χ3v) is 5.61. The first-order valence-electron chi connectivity index (χ1n) is 8.17. The van der Waals surface area contributed by atoms with Gasteiger partial charge in [0.1, 0.15) is 17.1 Å². The molecule has 0 aromatic heterocycles. The van der Waals surface area contributed by atoms with Crippen molar-refractivity contribution in [1.29, 1.82) is 0 Å². The summed E-state index contributed by atoms with van der Waals surface area (Å²) in [5.41, 5.74) is 1.56. The first-order chi connectivity index (χ1) is 12.3. The Hall–Kier alpha value is -1.50. The molecule has 0 aliphatic carbocycles. The zero-order chi connectivity index (χ0) is 18.9. The number of hydrogen-bond donors (Lipinski definition) is 2. The highest BCUT2D eigenvalue weighted by atomic mass is 79.9. The van der Waals surface area contributed by atoms with E-state index in [1.165, 1.54) is 0 Å². The van der Waals surface area contributed by atoms with Crippen molar-refractivity contribution >= 4 is 50.5 Å². The van der Waals surface area contributed by atoms with Gasteiger partial charge in [-0.05, 0) is 78.4 Å². The van der Waals surface area contributed by atoms with Crippen LogP contribution in [0.2, 0.25) is 5.02 Å². The predicted molar refractivity (Wildman–Crippen MR) is 114 cm³/mol. The van der Waals surface area contributed by atoms with E-state index >= 15 is 0 Å². The van der Waals surface area contributed by atoms with Crippen molar-refractivity contribution < 1.29 is 9.47 Å². The summed E-state index contributed by atoms with van der Waals surface area (Å²) in [5, 5.41) is 7.73. The highest BCUT2D eigenvalue weighted by Crippen LogP contribution is 2.41. The number of benzene rings is 2. The van der Waals surface area contributed by atoms with Crippen LogP contribution >= 0.6 is 39.7 Å². The average Bonchev–Trinajstić information content (AvgIpc) is 2.57. The largest absolute Gasteiger partial charge is 0.497 e. The van der Waals surface area contributed by atoms with Gasteiger partial charge in [0.15, 0.2) is 5.11 Å². The number of ether oxygens (including phenoxy) is 2. The van der Waals surface area contributed by atoms with Gasteiger partial charge in [-0.1, -0.05) is 11.6 Å². The minimum atomic E-state index is -0.296. The summed E-state index contributed by atoms with van der Waals surface area (Å²) in [6.07, 6.45) is 0.774. The normalized spacial score (nSPS) is 17.7. The molecule has 1 atom stereocenters. The number of hydrogen-bond acceptors (Lipinski definition) is 3. The molecule has 2 aromatic rings. The fourth-order valence-corrected chi connectivity index (χ4v) is 3.68. The summed E-state index contributed by atoms with van der Waals surface area (Å²) in [6.45, 7) is 4.14. The minimum Gasteiger partial charge on any atom is -0.497 e. The van der Waals surface area contributed by atoms with Gasteiger partial charge in [-0.3, -0.25) is 0 Å². The number of nitrogens with one attached hydrogen (secondary N) is 2. The van der Waals surface area contributed by atoms with Crippen molar-refractivity contribution in [3.05, 3.63) is 51.5 Å². The van der Waals surface area contributed by atoms with Crippen LogP contribution in [0.1, 0.15) is 31.9 Å². The molecule has 138 valence electrons. The van der Waals surface area contributed by atoms with Crippen molar-refractivity contribution in [2.45, 2.75) is 31.9 Å². The van der Waals surface area contributed by atoms with E-state index in [9.17, 15) is 0 Å². The van der Waals surface area contributed by atoms with Crippen molar-refractivity contribution in [2.75, 3.05) is 12.4 Å². The zero-order valence-corrected chi connectivity index (χ0v) is 17.9. The van der Waals surface area contributed by atoms with E-state index in [2.05, 4.69) is 40.4 Å². The molecule has 2 N–H and O–H groups in total. The van der Waals surface area contributed by atoms with Gasteiger partial charge >= 0.3 is 0 Å². The zero-order valence-electron chi connectivity index (χ0n) is 14.7. The SMILES string of the molecule is COc1ccc2c(c1)[C@@H](NC(=S)Nc1ccc(Br)c(Cl)c1)CC(C)(C)O2. The molecule has 0 fully saturated rings. The van der Waals surface area contributed by atoms with Gasteiger partial charge < -0.3 is 20.1 Å². The van der Waals surface area contributed by atoms with Crippen molar-refractivity contribution in [2.24, 2.45) is 0 Å². The van der Waals surface area contributed by atoms with Crippen molar-refractivity contribution in [3.8, 4) is 11.5 Å². The number of fused-ring (bicyclic) bond motifs is 1. The Balaban J connectivity index is 1.79. The molecule has 0 amide bonds. The lowest BCUT2D eigenvalue weighted by Crippen LogP contribution is -2.42. The lowest BCUT2D eigenvalue weighted by Gasteiger charge is -2.38. The summed E-state index contributed by atoms with van der Waals surface area (Å²) < 4.78 is 12.3. The molecule has 0 saturated carbocycles. The lowest BCUT2D eigenvalue weighted by atomic mass is 9.89. The third kappa shape index (κ3) is 4.42. The smallest absolute Gasteiger partial charge is 0.171 e. The lowest BCUT2D eigenvalue weighted by molar-refractivity contribution is 0.0695. The molecule has 3 rings (SSSR count). The molecule has 0 unspecified atom stereocenters. The fourth-order valence-electron chi connectivity index (χ4n) is 2.99. The number of rotatable bonds is 3. The molecule has 0 spiro atoms. The molecule has 7 heteroatoms. The van der Waals surface area contributed by atoms with Gasteiger partial charge in [0, 0.05) is 22.1 Å². The van der Waals surface area contributed by atoms with E-state index in [-0.39, 0.29) is 11.6 Å². The van der Waals surface area contributed by atoms with E-state index in [0.29, 0.717) is 10.1 Å². The summed E-state index contributed by atoms with van der Waals surface area (Å²) in [6, 6.07) is 11.5. The van der Waals surface area contributed by atoms with E-state index in [0.717, 1.165) is 33.6 Å². The summed E-state index contributed by atoms with van der Waals surface area (Å²) in [5.74, 6) is 1.63. The van der Waals surface area contributed by atoms with Crippen LogP contribution in [0.15, 0.2) is 40.9 Å².